The van der Waals surface area contributed by atoms with Crippen LogP contribution in [0.5, 0.6) is 0 Å². The molecule has 1 aromatic heterocycles. The summed E-state index contributed by atoms with van der Waals surface area (Å²) in [6, 6.07) is 1.42. The summed E-state index contributed by atoms with van der Waals surface area (Å²) in [6.45, 7) is 1.96. The second-order valence-electron chi connectivity index (χ2n) is 2.62. The number of nitrogens with zero attached hydrogens (tertiary/aromatic N) is 1. The second-order valence-corrected chi connectivity index (χ2v) is 2.62. The number of pyridine rings is 1. The van der Waals surface area contributed by atoms with Gasteiger partial charge in [0.15, 0.2) is 0 Å². The predicted molar refractivity (Wildman–Crippen MR) is 46.0 cm³/mol. The SMILES string of the molecule is CCC(C=N)c1cncc(F)c1. The standard InChI is InChI=1S/C9H11FN2/c1-2-7(4-11)8-3-9(10)6-12-5-8/h3-7,11H,2H2,1H3. The van der Waals surface area contributed by atoms with Gasteiger partial charge in [0, 0.05) is 18.3 Å². The molecule has 1 unspecified atom stereocenters. The van der Waals surface area contributed by atoms with Crippen molar-refractivity contribution in [3.8, 4) is 0 Å². The highest BCUT2D eigenvalue weighted by atomic mass is 19.1. The van der Waals surface area contributed by atoms with Gasteiger partial charge in [-0.2, -0.15) is 0 Å². The maximum absolute atomic E-state index is 12.7. The predicted octanol–water partition coefficient (Wildman–Crippen LogP) is 2.36. The van der Waals surface area contributed by atoms with E-state index in [9.17, 15) is 4.39 Å². The average molecular weight is 166 g/mol. The Labute approximate surface area is 71.0 Å². The Balaban J connectivity index is 2.93. The average Bonchev–Trinajstić information content (AvgIpc) is 2.07. The van der Waals surface area contributed by atoms with Gasteiger partial charge in [-0.25, -0.2) is 4.39 Å². The van der Waals surface area contributed by atoms with E-state index in [0.717, 1.165) is 12.0 Å². The highest BCUT2D eigenvalue weighted by molar-refractivity contribution is 5.64. The zero-order valence-electron chi connectivity index (χ0n) is 6.92. The Morgan fingerprint density at radius 1 is 1.67 bits per heavy atom. The molecule has 2 nitrogen and oxygen atoms in total. The largest absolute Gasteiger partial charge is 0.312 e. The van der Waals surface area contributed by atoms with Gasteiger partial charge in [-0.1, -0.05) is 6.92 Å². The van der Waals surface area contributed by atoms with E-state index in [0.29, 0.717) is 0 Å². The van der Waals surface area contributed by atoms with Gasteiger partial charge in [-0.05, 0) is 18.1 Å². The fourth-order valence-electron chi connectivity index (χ4n) is 1.08. The molecule has 3 heteroatoms. The van der Waals surface area contributed by atoms with E-state index in [-0.39, 0.29) is 11.7 Å². The van der Waals surface area contributed by atoms with Crippen LogP contribution in [0.4, 0.5) is 4.39 Å². The van der Waals surface area contributed by atoms with Crippen LogP contribution in [-0.4, -0.2) is 11.2 Å². The monoisotopic (exact) mass is 166 g/mol. The zero-order chi connectivity index (χ0) is 8.97. The molecule has 1 N–H and O–H groups in total. The van der Waals surface area contributed by atoms with Gasteiger partial charge in [-0.3, -0.25) is 4.98 Å². The molecule has 1 atom stereocenters. The van der Waals surface area contributed by atoms with Crippen LogP contribution in [-0.2, 0) is 0 Å². The zero-order valence-corrected chi connectivity index (χ0v) is 6.92. The molecule has 0 amide bonds. The fraction of sp³-hybridized carbons (Fsp3) is 0.333. The first kappa shape index (κ1) is 8.84. The van der Waals surface area contributed by atoms with Gasteiger partial charge >= 0.3 is 0 Å². The van der Waals surface area contributed by atoms with Gasteiger partial charge < -0.3 is 5.41 Å². The van der Waals surface area contributed by atoms with Crippen molar-refractivity contribution >= 4 is 6.21 Å². The van der Waals surface area contributed by atoms with Crippen molar-refractivity contribution in [3.05, 3.63) is 29.8 Å². The molecule has 1 heterocycles. The molecule has 12 heavy (non-hydrogen) atoms. The topological polar surface area (TPSA) is 36.7 Å². The first-order valence-corrected chi connectivity index (χ1v) is 3.89. The molecule has 0 saturated heterocycles. The lowest BCUT2D eigenvalue weighted by atomic mass is 10.00. The van der Waals surface area contributed by atoms with Gasteiger partial charge in [0.05, 0.1) is 6.20 Å². The molecule has 1 aromatic rings. The molecular formula is C9H11FN2. The molecule has 0 aromatic carbocycles. The third kappa shape index (κ3) is 1.87. The smallest absolute Gasteiger partial charge is 0.141 e. The quantitative estimate of drug-likeness (QED) is 0.687. The van der Waals surface area contributed by atoms with Crippen LogP contribution in [0, 0.1) is 11.2 Å². The maximum Gasteiger partial charge on any atom is 0.141 e. The molecule has 0 aliphatic carbocycles. The molecule has 1 rings (SSSR count). The lowest BCUT2D eigenvalue weighted by Gasteiger charge is -2.07. The van der Waals surface area contributed by atoms with Crippen LogP contribution in [0.1, 0.15) is 24.8 Å². The van der Waals surface area contributed by atoms with Crippen molar-refractivity contribution in [2.24, 2.45) is 0 Å². The van der Waals surface area contributed by atoms with E-state index in [2.05, 4.69) is 4.98 Å². The van der Waals surface area contributed by atoms with Crippen LogP contribution in [0.25, 0.3) is 0 Å². The van der Waals surface area contributed by atoms with Gasteiger partial charge in [0.1, 0.15) is 5.82 Å². The number of hydrogen-bond acceptors (Lipinski definition) is 2. The Kier molecular flexibility index (Phi) is 2.91. The van der Waals surface area contributed by atoms with Crippen molar-refractivity contribution in [1.29, 1.82) is 5.41 Å². The Hall–Kier alpha value is -1.25. The molecule has 0 saturated carbocycles. The van der Waals surface area contributed by atoms with Crippen LogP contribution in [0.15, 0.2) is 18.5 Å². The van der Waals surface area contributed by atoms with Crippen LogP contribution in [0.3, 0.4) is 0 Å². The summed E-state index contributed by atoms with van der Waals surface area (Å²) < 4.78 is 12.7. The number of hydrogen-bond donors (Lipinski definition) is 1. The summed E-state index contributed by atoms with van der Waals surface area (Å²) in [6.07, 6.45) is 4.88. The van der Waals surface area contributed by atoms with Gasteiger partial charge in [0.2, 0.25) is 0 Å². The first-order valence-electron chi connectivity index (χ1n) is 3.89. The van der Waals surface area contributed by atoms with Crippen molar-refractivity contribution in [2.75, 3.05) is 0 Å². The molecule has 0 spiro atoms. The number of nitrogens with one attached hydrogen (secondary N) is 1. The first-order chi connectivity index (χ1) is 5.77. The highest BCUT2D eigenvalue weighted by Gasteiger charge is 2.06. The molecule has 0 radical (unpaired) electrons. The number of aromatic nitrogens is 1. The summed E-state index contributed by atoms with van der Waals surface area (Å²) in [5.41, 5.74) is 0.771. The Morgan fingerprint density at radius 3 is 2.92 bits per heavy atom. The Morgan fingerprint density at radius 2 is 2.42 bits per heavy atom. The van der Waals surface area contributed by atoms with E-state index in [1.165, 1.54) is 18.5 Å². The molecule has 64 valence electrons. The molecule has 0 bridgehead atoms. The van der Waals surface area contributed by atoms with Crippen LogP contribution >= 0.6 is 0 Å². The minimum Gasteiger partial charge on any atom is -0.312 e. The summed E-state index contributed by atoms with van der Waals surface area (Å²) >= 11 is 0. The second kappa shape index (κ2) is 3.95. The fourth-order valence-corrected chi connectivity index (χ4v) is 1.08. The molecule has 0 aliphatic rings. The van der Waals surface area contributed by atoms with Crippen molar-refractivity contribution < 1.29 is 4.39 Å². The summed E-state index contributed by atoms with van der Waals surface area (Å²) in [5.74, 6) is -0.346. The van der Waals surface area contributed by atoms with E-state index < -0.39 is 0 Å². The Bertz CT molecular complexity index is 273. The summed E-state index contributed by atoms with van der Waals surface area (Å²) in [4.78, 5) is 3.72. The minimum atomic E-state index is -0.340. The van der Waals surface area contributed by atoms with E-state index in [1.807, 2.05) is 6.92 Å². The third-order valence-electron chi connectivity index (χ3n) is 1.80. The van der Waals surface area contributed by atoms with Crippen molar-refractivity contribution in [3.63, 3.8) is 0 Å². The molecule has 0 fully saturated rings. The summed E-state index contributed by atoms with van der Waals surface area (Å²) in [5, 5.41) is 7.09. The van der Waals surface area contributed by atoms with E-state index in [4.69, 9.17) is 5.41 Å². The normalized spacial score (nSPS) is 12.5. The van der Waals surface area contributed by atoms with Crippen LogP contribution < -0.4 is 0 Å². The lowest BCUT2D eigenvalue weighted by molar-refractivity contribution is 0.616. The van der Waals surface area contributed by atoms with Crippen molar-refractivity contribution in [1.82, 2.24) is 4.98 Å². The summed E-state index contributed by atoms with van der Waals surface area (Å²) in [7, 11) is 0. The molecule has 0 aliphatic heterocycles. The highest BCUT2D eigenvalue weighted by Crippen LogP contribution is 2.16. The van der Waals surface area contributed by atoms with Crippen LogP contribution in [0.2, 0.25) is 0 Å². The van der Waals surface area contributed by atoms with Gasteiger partial charge in [-0.15, -0.1) is 0 Å². The minimum absolute atomic E-state index is 0.00630. The number of rotatable bonds is 3. The van der Waals surface area contributed by atoms with Gasteiger partial charge in [0.25, 0.3) is 0 Å². The molecular weight excluding hydrogens is 155 g/mol. The van der Waals surface area contributed by atoms with E-state index >= 15 is 0 Å². The van der Waals surface area contributed by atoms with Crippen molar-refractivity contribution in [2.45, 2.75) is 19.3 Å². The number of halogens is 1. The van der Waals surface area contributed by atoms with E-state index in [1.54, 1.807) is 6.20 Å². The maximum atomic E-state index is 12.7. The third-order valence-corrected chi connectivity index (χ3v) is 1.80. The lowest BCUT2D eigenvalue weighted by Crippen LogP contribution is -1.99.